The Morgan fingerprint density at radius 3 is 2.89 bits per heavy atom. The lowest BCUT2D eigenvalue weighted by molar-refractivity contribution is 0.619. The van der Waals surface area contributed by atoms with Crippen LogP contribution in [0.2, 0.25) is 5.02 Å². The molecule has 3 aromatic rings. The van der Waals surface area contributed by atoms with Crippen LogP contribution in [0, 0.1) is 6.92 Å². The molecule has 3 nitrogen and oxygen atoms in total. The summed E-state index contributed by atoms with van der Waals surface area (Å²) in [6, 6.07) is 9.34. The van der Waals surface area contributed by atoms with E-state index in [0.717, 1.165) is 15.6 Å². The average molecular weight is 338 g/mol. The Bertz CT molecular complexity index is 743. The summed E-state index contributed by atoms with van der Waals surface area (Å²) in [5.74, 6) is 0.548. The van der Waals surface area contributed by atoms with Crippen LogP contribution >= 0.6 is 27.5 Å². The lowest BCUT2D eigenvalue weighted by atomic mass is 10.1. The predicted octanol–water partition coefficient (Wildman–Crippen LogP) is 4.80. The summed E-state index contributed by atoms with van der Waals surface area (Å²) in [4.78, 5) is 4.45. The molecule has 1 aromatic heterocycles. The highest BCUT2D eigenvalue weighted by molar-refractivity contribution is 9.10. The zero-order valence-corrected chi connectivity index (χ0v) is 12.4. The van der Waals surface area contributed by atoms with E-state index in [4.69, 9.17) is 21.8 Å². The molecule has 0 saturated carbocycles. The standard InChI is InChI=1S/C14H10BrClN2O/c1-7-3-2-4-8(13(7)15)14-18-11-5-9(16)10(17)6-12(11)19-14/h2-6H,17H2,1H3. The van der Waals surface area contributed by atoms with Crippen LogP contribution in [-0.4, -0.2) is 4.98 Å². The van der Waals surface area contributed by atoms with Crippen molar-refractivity contribution in [3.8, 4) is 11.5 Å². The maximum absolute atomic E-state index is 5.98. The zero-order chi connectivity index (χ0) is 13.6. The molecule has 2 N–H and O–H groups in total. The van der Waals surface area contributed by atoms with E-state index in [1.807, 2.05) is 25.1 Å². The van der Waals surface area contributed by atoms with Crippen LogP contribution in [-0.2, 0) is 0 Å². The Labute approximate surface area is 123 Å². The molecule has 0 atom stereocenters. The summed E-state index contributed by atoms with van der Waals surface area (Å²) in [6.07, 6.45) is 0. The van der Waals surface area contributed by atoms with Gasteiger partial charge >= 0.3 is 0 Å². The highest BCUT2D eigenvalue weighted by atomic mass is 79.9. The summed E-state index contributed by atoms with van der Waals surface area (Å²) in [5.41, 5.74) is 9.60. The SMILES string of the molecule is Cc1cccc(-c2nc3cc(Cl)c(N)cc3o2)c1Br. The molecule has 0 aliphatic rings. The molecule has 0 aliphatic carbocycles. The lowest BCUT2D eigenvalue weighted by Gasteiger charge is -2.02. The number of benzene rings is 2. The second kappa shape index (κ2) is 4.54. The van der Waals surface area contributed by atoms with Crippen LogP contribution in [0.4, 0.5) is 5.69 Å². The maximum Gasteiger partial charge on any atom is 0.228 e. The van der Waals surface area contributed by atoms with Crippen molar-refractivity contribution in [2.45, 2.75) is 6.92 Å². The van der Waals surface area contributed by atoms with Crippen molar-refractivity contribution in [3.63, 3.8) is 0 Å². The highest BCUT2D eigenvalue weighted by Gasteiger charge is 2.13. The fourth-order valence-corrected chi connectivity index (χ4v) is 2.48. The number of anilines is 1. The number of nitrogens with zero attached hydrogens (tertiary/aromatic N) is 1. The van der Waals surface area contributed by atoms with Gasteiger partial charge in [0.2, 0.25) is 5.89 Å². The molecule has 2 aromatic carbocycles. The van der Waals surface area contributed by atoms with E-state index in [2.05, 4.69) is 20.9 Å². The Balaban J connectivity index is 2.23. The van der Waals surface area contributed by atoms with Crippen molar-refractivity contribution >= 4 is 44.3 Å². The normalized spacial score (nSPS) is 11.1. The zero-order valence-electron chi connectivity index (χ0n) is 10.1. The van der Waals surface area contributed by atoms with Gasteiger partial charge in [0.1, 0.15) is 5.52 Å². The van der Waals surface area contributed by atoms with Gasteiger partial charge in [0.25, 0.3) is 0 Å². The van der Waals surface area contributed by atoms with Gasteiger partial charge in [0.15, 0.2) is 5.58 Å². The summed E-state index contributed by atoms with van der Waals surface area (Å²) in [5, 5.41) is 0.482. The minimum absolute atomic E-state index is 0.482. The van der Waals surface area contributed by atoms with E-state index in [9.17, 15) is 0 Å². The van der Waals surface area contributed by atoms with E-state index in [1.165, 1.54) is 0 Å². The van der Waals surface area contributed by atoms with E-state index in [-0.39, 0.29) is 0 Å². The topological polar surface area (TPSA) is 52.0 Å². The lowest BCUT2D eigenvalue weighted by Crippen LogP contribution is -1.84. The Kier molecular flexibility index (Phi) is 2.99. The van der Waals surface area contributed by atoms with Gasteiger partial charge in [-0.25, -0.2) is 4.98 Å². The number of hydrogen-bond acceptors (Lipinski definition) is 3. The van der Waals surface area contributed by atoms with Gasteiger partial charge in [-0.1, -0.05) is 23.7 Å². The van der Waals surface area contributed by atoms with Gasteiger partial charge in [-0.3, -0.25) is 0 Å². The molecule has 0 spiro atoms. The Hall–Kier alpha value is -1.52. The van der Waals surface area contributed by atoms with Crippen molar-refractivity contribution in [1.29, 1.82) is 0 Å². The van der Waals surface area contributed by atoms with Crippen LogP contribution < -0.4 is 5.73 Å². The monoisotopic (exact) mass is 336 g/mol. The fourth-order valence-electron chi connectivity index (χ4n) is 1.89. The number of aromatic nitrogens is 1. The quantitative estimate of drug-likeness (QED) is 0.649. The van der Waals surface area contributed by atoms with Crippen LogP contribution in [0.25, 0.3) is 22.6 Å². The maximum atomic E-state index is 5.98. The summed E-state index contributed by atoms with van der Waals surface area (Å²) >= 11 is 9.54. The molecule has 0 amide bonds. The third-order valence-electron chi connectivity index (χ3n) is 2.93. The van der Waals surface area contributed by atoms with Crippen LogP contribution in [0.5, 0.6) is 0 Å². The summed E-state index contributed by atoms with van der Waals surface area (Å²) in [7, 11) is 0. The number of oxazole rings is 1. The van der Waals surface area contributed by atoms with Crippen molar-refractivity contribution < 1.29 is 4.42 Å². The molecule has 0 unspecified atom stereocenters. The first-order valence-electron chi connectivity index (χ1n) is 5.67. The summed E-state index contributed by atoms with van der Waals surface area (Å²) in [6.45, 7) is 2.02. The van der Waals surface area contributed by atoms with Crippen molar-refractivity contribution in [1.82, 2.24) is 4.98 Å². The largest absolute Gasteiger partial charge is 0.436 e. The fraction of sp³-hybridized carbons (Fsp3) is 0.0714. The third kappa shape index (κ3) is 2.11. The number of fused-ring (bicyclic) bond motifs is 1. The van der Waals surface area contributed by atoms with Crippen molar-refractivity contribution in [2.24, 2.45) is 0 Å². The van der Waals surface area contributed by atoms with Crippen molar-refractivity contribution in [2.75, 3.05) is 5.73 Å². The smallest absolute Gasteiger partial charge is 0.228 e. The second-order valence-electron chi connectivity index (χ2n) is 4.30. The van der Waals surface area contributed by atoms with Gasteiger partial charge in [0, 0.05) is 10.5 Å². The number of nitrogen functional groups attached to an aromatic ring is 1. The second-order valence-corrected chi connectivity index (χ2v) is 5.50. The molecule has 19 heavy (non-hydrogen) atoms. The third-order valence-corrected chi connectivity index (χ3v) is 4.31. The predicted molar refractivity (Wildman–Crippen MR) is 81.3 cm³/mol. The van der Waals surface area contributed by atoms with Crippen molar-refractivity contribution in [3.05, 3.63) is 45.4 Å². The molecule has 0 saturated heterocycles. The molecule has 1 heterocycles. The van der Waals surface area contributed by atoms with E-state index >= 15 is 0 Å². The van der Waals surface area contributed by atoms with E-state index in [0.29, 0.717) is 27.7 Å². The molecule has 96 valence electrons. The molecule has 5 heteroatoms. The van der Waals surface area contributed by atoms with Crippen LogP contribution in [0.3, 0.4) is 0 Å². The first-order valence-corrected chi connectivity index (χ1v) is 6.84. The summed E-state index contributed by atoms with van der Waals surface area (Å²) < 4.78 is 6.72. The minimum Gasteiger partial charge on any atom is -0.436 e. The highest BCUT2D eigenvalue weighted by Crippen LogP contribution is 2.34. The van der Waals surface area contributed by atoms with E-state index in [1.54, 1.807) is 12.1 Å². The number of rotatable bonds is 1. The van der Waals surface area contributed by atoms with Gasteiger partial charge in [0.05, 0.1) is 16.3 Å². The molecular formula is C14H10BrClN2O. The molecule has 0 radical (unpaired) electrons. The van der Waals surface area contributed by atoms with Crippen LogP contribution in [0.1, 0.15) is 5.56 Å². The molecule has 0 aliphatic heterocycles. The van der Waals surface area contributed by atoms with Crippen LogP contribution in [0.15, 0.2) is 39.2 Å². The number of aryl methyl sites for hydroxylation is 1. The molecular weight excluding hydrogens is 328 g/mol. The molecule has 0 fully saturated rings. The van der Waals surface area contributed by atoms with Gasteiger partial charge in [-0.15, -0.1) is 0 Å². The van der Waals surface area contributed by atoms with Gasteiger partial charge in [-0.2, -0.15) is 0 Å². The first-order chi connectivity index (χ1) is 9.06. The Morgan fingerprint density at radius 2 is 2.11 bits per heavy atom. The van der Waals surface area contributed by atoms with Gasteiger partial charge in [-0.05, 0) is 40.5 Å². The number of hydrogen-bond donors (Lipinski definition) is 1. The first kappa shape index (κ1) is 12.5. The van der Waals surface area contributed by atoms with E-state index < -0.39 is 0 Å². The minimum atomic E-state index is 0.482. The Morgan fingerprint density at radius 1 is 1.32 bits per heavy atom. The van der Waals surface area contributed by atoms with Gasteiger partial charge < -0.3 is 10.2 Å². The molecule has 3 rings (SSSR count). The number of halogens is 2. The number of nitrogens with two attached hydrogens (primary N) is 1. The average Bonchev–Trinajstić information content (AvgIpc) is 2.76. The molecule has 0 bridgehead atoms.